The molecule has 0 saturated carbocycles. The highest BCUT2D eigenvalue weighted by molar-refractivity contribution is 6.37. The first-order valence-corrected chi connectivity index (χ1v) is 9.06. The summed E-state index contributed by atoms with van der Waals surface area (Å²) in [5, 5.41) is 6.33. The normalized spacial score (nSPS) is 12.4. The van der Waals surface area contributed by atoms with Crippen LogP contribution in [0.2, 0.25) is 10.0 Å². The van der Waals surface area contributed by atoms with Crippen LogP contribution in [0.3, 0.4) is 0 Å². The Morgan fingerprint density at radius 3 is 2.52 bits per heavy atom. The third-order valence-corrected chi connectivity index (χ3v) is 5.02. The van der Waals surface area contributed by atoms with Gasteiger partial charge < -0.3 is 10.6 Å². The van der Waals surface area contributed by atoms with Crippen LogP contribution in [0, 0.1) is 0 Å². The molecule has 0 spiro atoms. The number of amides is 2. The molecule has 1 heterocycles. The molecule has 6 heteroatoms. The van der Waals surface area contributed by atoms with Crippen molar-refractivity contribution in [3.63, 3.8) is 0 Å². The molecule has 4 rings (SSSR count). The van der Waals surface area contributed by atoms with Gasteiger partial charge in [-0.3, -0.25) is 9.59 Å². The van der Waals surface area contributed by atoms with Gasteiger partial charge in [-0.25, -0.2) is 0 Å². The average molecular weight is 397 g/mol. The fourth-order valence-electron chi connectivity index (χ4n) is 3.20. The number of halogens is 2. The van der Waals surface area contributed by atoms with Crippen molar-refractivity contribution in [2.24, 2.45) is 0 Å². The topological polar surface area (TPSA) is 58.2 Å². The lowest BCUT2D eigenvalue weighted by Gasteiger charge is -2.13. The number of benzene rings is 3. The largest absolute Gasteiger partial charge is 0.348 e. The number of carbonyl (C=O) groups is 2. The van der Waals surface area contributed by atoms with Crippen molar-refractivity contribution in [2.45, 2.75) is 6.54 Å². The van der Waals surface area contributed by atoms with E-state index in [2.05, 4.69) is 10.6 Å². The monoisotopic (exact) mass is 396 g/mol. The summed E-state index contributed by atoms with van der Waals surface area (Å²) in [6.45, 7) is 0.420. The molecule has 1 aliphatic rings. The van der Waals surface area contributed by atoms with Crippen LogP contribution in [0.4, 0.5) is 5.69 Å². The maximum atomic E-state index is 12.6. The second kappa shape index (κ2) is 7.06. The SMILES string of the molecule is O=C(Nc1ccc(-c2ccccc2)c2c1C(=O)NC2)c1ccc(Cl)cc1Cl. The molecular weight excluding hydrogens is 383 g/mol. The minimum absolute atomic E-state index is 0.208. The molecular formula is C21H14Cl2N2O2. The van der Waals surface area contributed by atoms with E-state index in [1.165, 1.54) is 6.07 Å². The summed E-state index contributed by atoms with van der Waals surface area (Å²) >= 11 is 12.0. The lowest BCUT2D eigenvalue weighted by atomic mass is 9.95. The summed E-state index contributed by atoms with van der Waals surface area (Å²) in [5.41, 5.74) is 4.08. The number of fused-ring (bicyclic) bond motifs is 1. The van der Waals surface area contributed by atoms with Gasteiger partial charge in [0.25, 0.3) is 11.8 Å². The highest BCUT2D eigenvalue weighted by atomic mass is 35.5. The van der Waals surface area contributed by atoms with E-state index in [9.17, 15) is 9.59 Å². The fourth-order valence-corrected chi connectivity index (χ4v) is 3.70. The van der Waals surface area contributed by atoms with E-state index in [1.807, 2.05) is 36.4 Å². The van der Waals surface area contributed by atoms with E-state index in [0.29, 0.717) is 28.4 Å². The Morgan fingerprint density at radius 1 is 1.00 bits per heavy atom. The van der Waals surface area contributed by atoms with Crippen molar-refractivity contribution in [3.8, 4) is 11.1 Å². The maximum Gasteiger partial charge on any atom is 0.257 e. The van der Waals surface area contributed by atoms with E-state index < -0.39 is 5.91 Å². The molecule has 1 aliphatic heterocycles. The van der Waals surface area contributed by atoms with Crippen molar-refractivity contribution in [3.05, 3.63) is 87.4 Å². The van der Waals surface area contributed by atoms with E-state index in [-0.39, 0.29) is 10.9 Å². The maximum absolute atomic E-state index is 12.6. The predicted octanol–water partition coefficient (Wildman–Crippen LogP) is 5.16. The molecule has 0 saturated heterocycles. The van der Waals surface area contributed by atoms with Crippen LogP contribution in [0.5, 0.6) is 0 Å². The molecule has 0 atom stereocenters. The van der Waals surface area contributed by atoms with E-state index in [1.54, 1.807) is 18.2 Å². The van der Waals surface area contributed by atoms with Gasteiger partial charge in [-0.2, -0.15) is 0 Å². The van der Waals surface area contributed by atoms with Gasteiger partial charge >= 0.3 is 0 Å². The Bertz CT molecular complexity index is 1070. The Morgan fingerprint density at radius 2 is 1.78 bits per heavy atom. The zero-order valence-electron chi connectivity index (χ0n) is 14.1. The van der Waals surface area contributed by atoms with Crippen molar-refractivity contribution < 1.29 is 9.59 Å². The molecule has 3 aromatic rings. The molecule has 0 unspecified atom stereocenters. The third kappa shape index (κ3) is 3.29. The Hall–Kier alpha value is -2.82. The number of rotatable bonds is 3. The van der Waals surface area contributed by atoms with Crippen LogP contribution >= 0.6 is 23.2 Å². The van der Waals surface area contributed by atoms with Crippen molar-refractivity contribution in [2.75, 3.05) is 5.32 Å². The number of carbonyl (C=O) groups excluding carboxylic acids is 2. The van der Waals surface area contributed by atoms with Gasteiger partial charge in [-0.15, -0.1) is 0 Å². The lowest BCUT2D eigenvalue weighted by Crippen LogP contribution is -2.17. The van der Waals surface area contributed by atoms with Crippen molar-refractivity contribution >= 4 is 40.7 Å². The molecule has 3 aromatic carbocycles. The van der Waals surface area contributed by atoms with Crippen LogP contribution in [0.15, 0.2) is 60.7 Å². The molecule has 0 fully saturated rings. The number of anilines is 1. The molecule has 0 aromatic heterocycles. The molecule has 0 aliphatic carbocycles. The van der Waals surface area contributed by atoms with Crippen molar-refractivity contribution in [1.29, 1.82) is 0 Å². The van der Waals surface area contributed by atoms with E-state index in [4.69, 9.17) is 23.2 Å². The predicted molar refractivity (Wildman–Crippen MR) is 107 cm³/mol. The third-order valence-electron chi connectivity index (χ3n) is 4.47. The minimum atomic E-state index is -0.397. The Kier molecular flexibility index (Phi) is 4.60. The van der Waals surface area contributed by atoms with Gasteiger partial charge in [0.05, 0.1) is 21.8 Å². The summed E-state index contributed by atoms with van der Waals surface area (Å²) in [5.74, 6) is -0.605. The summed E-state index contributed by atoms with van der Waals surface area (Å²) in [6, 6.07) is 18.1. The van der Waals surface area contributed by atoms with Gasteiger partial charge in [-0.05, 0) is 41.0 Å². The van der Waals surface area contributed by atoms with Crippen LogP contribution < -0.4 is 10.6 Å². The Labute approximate surface area is 166 Å². The highest BCUT2D eigenvalue weighted by Gasteiger charge is 2.27. The highest BCUT2D eigenvalue weighted by Crippen LogP contribution is 2.34. The summed E-state index contributed by atoms with van der Waals surface area (Å²) in [7, 11) is 0. The first-order chi connectivity index (χ1) is 13.0. The Balaban J connectivity index is 1.73. The molecule has 134 valence electrons. The fraction of sp³-hybridized carbons (Fsp3) is 0.0476. The molecule has 0 bridgehead atoms. The van der Waals surface area contributed by atoms with Crippen LogP contribution in [0.25, 0.3) is 11.1 Å². The van der Waals surface area contributed by atoms with Crippen LogP contribution in [0.1, 0.15) is 26.3 Å². The number of nitrogens with one attached hydrogen (secondary N) is 2. The lowest BCUT2D eigenvalue weighted by molar-refractivity contribution is 0.0966. The smallest absolute Gasteiger partial charge is 0.257 e. The zero-order chi connectivity index (χ0) is 19.0. The van der Waals surface area contributed by atoms with Gasteiger partial charge in [0.2, 0.25) is 0 Å². The number of hydrogen-bond donors (Lipinski definition) is 2. The summed E-state index contributed by atoms with van der Waals surface area (Å²) in [4.78, 5) is 25.0. The number of hydrogen-bond acceptors (Lipinski definition) is 2. The van der Waals surface area contributed by atoms with Gasteiger partial charge in [0, 0.05) is 11.6 Å². The molecule has 27 heavy (non-hydrogen) atoms. The molecule has 4 nitrogen and oxygen atoms in total. The zero-order valence-corrected chi connectivity index (χ0v) is 15.6. The second-order valence-electron chi connectivity index (χ2n) is 6.14. The first-order valence-electron chi connectivity index (χ1n) is 8.30. The van der Waals surface area contributed by atoms with E-state index >= 15 is 0 Å². The first kappa shape index (κ1) is 17.6. The van der Waals surface area contributed by atoms with Gasteiger partial charge in [0.15, 0.2) is 0 Å². The average Bonchev–Trinajstić information content (AvgIpc) is 3.05. The standard InChI is InChI=1S/C21H14Cl2N2O2/c22-13-6-7-15(17(23)10-13)20(26)25-18-9-8-14(12-4-2-1-3-5-12)16-11-24-21(27)19(16)18/h1-10H,11H2,(H,24,27)(H,25,26). The minimum Gasteiger partial charge on any atom is -0.348 e. The molecule has 2 N–H and O–H groups in total. The van der Waals surface area contributed by atoms with Crippen LogP contribution in [-0.2, 0) is 6.54 Å². The van der Waals surface area contributed by atoms with Gasteiger partial charge in [0.1, 0.15) is 0 Å². The molecule has 0 radical (unpaired) electrons. The quantitative estimate of drug-likeness (QED) is 0.642. The van der Waals surface area contributed by atoms with Crippen LogP contribution in [-0.4, -0.2) is 11.8 Å². The van der Waals surface area contributed by atoms with E-state index in [0.717, 1.165) is 16.7 Å². The van der Waals surface area contributed by atoms with Crippen molar-refractivity contribution in [1.82, 2.24) is 5.32 Å². The second-order valence-corrected chi connectivity index (χ2v) is 6.98. The summed E-state index contributed by atoms with van der Waals surface area (Å²) in [6.07, 6.45) is 0. The molecule has 2 amide bonds. The van der Waals surface area contributed by atoms with Gasteiger partial charge in [-0.1, -0.05) is 59.6 Å². The summed E-state index contributed by atoms with van der Waals surface area (Å²) < 4.78 is 0.